The van der Waals surface area contributed by atoms with E-state index < -0.39 is 11.9 Å². The maximum Gasteiger partial charge on any atom is 0.268 e. The number of hydrazine groups is 1. The zero-order valence-corrected chi connectivity index (χ0v) is 22.1. The van der Waals surface area contributed by atoms with Gasteiger partial charge in [-0.25, -0.2) is 15.5 Å². The Labute approximate surface area is 215 Å². The van der Waals surface area contributed by atoms with Crippen LogP contribution in [0.15, 0.2) is 36.4 Å². The molecule has 0 unspecified atom stereocenters. The molecule has 1 aromatic carbocycles. The van der Waals surface area contributed by atoms with Crippen LogP contribution < -0.4 is 5.48 Å². The van der Waals surface area contributed by atoms with E-state index in [1.165, 1.54) is 10.0 Å². The summed E-state index contributed by atoms with van der Waals surface area (Å²) in [5.74, 6) is -0.982. The zero-order valence-electron chi connectivity index (χ0n) is 22.1. The van der Waals surface area contributed by atoms with Crippen LogP contribution >= 0.6 is 0 Å². The number of rotatable bonds is 12. The minimum Gasteiger partial charge on any atom is -0.379 e. The van der Waals surface area contributed by atoms with Crippen LogP contribution in [0.4, 0.5) is 0 Å². The van der Waals surface area contributed by atoms with Crippen molar-refractivity contribution < 1.29 is 24.3 Å². The molecule has 1 saturated heterocycles. The van der Waals surface area contributed by atoms with E-state index in [0.717, 1.165) is 5.56 Å². The molecule has 1 fully saturated rings. The second-order valence-corrected chi connectivity index (χ2v) is 9.97. The van der Waals surface area contributed by atoms with Crippen molar-refractivity contribution in [1.82, 2.24) is 20.4 Å². The van der Waals surface area contributed by atoms with Gasteiger partial charge < -0.3 is 4.74 Å². The molecule has 3 amide bonds. The summed E-state index contributed by atoms with van der Waals surface area (Å²) in [7, 11) is 0. The van der Waals surface area contributed by atoms with Crippen molar-refractivity contribution in [3.05, 3.63) is 42.0 Å². The first kappa shape index (κ1) is 29.5. The fraction of sp³-hybridized carbons (Fsp3) is 0.593. The van der Waals surface area contributed by atoms with E-state index in [9.17, 15) is 19.6 Å². The van der Waals surface area contributed by atoms with Gasteiger partial charge in [0, 0.05) is 26.1 Å². The predicted molar refractivity (Wildman–Crippen MR) is 139 cm³/mol. The molecule has 0 aromatic heterocycles. The summed E-state index contributed by atoms with van der Waals surface area (Å²) in [6.45, 7) is 10.7. The van der Waals surface area contributed by atoms with Gasteiger partial charge in [-0.2, -0.15) is 0 Å². The molecule has 1 heterocycles. The van der Waals surface area contributed by atoms with Crippen molar-refractivity contribution in [1.29, 1.82) is 0 Å². The number of ether oxygens (including phenoxy) is 1. The first-order chi connectivity index (χ1) is 17.2. The molecule has 9 nitrogen and oxygen atoms in total. The van der Waals surface area contributed by atoms with Crippen LogP contribution in [0.25, 0.3) is 6.08 Å². The highest BCUT2D eigenvalue weighted by Crippen LogP contribution is 2.19. The quantitative estimate of drug-likeness (QED) is 0.337. The lowest BCUT2D eigenvalue weighted by molar-refractivity contribution is -0.176. The molecule has 2 N–H and O–H groups in total. The Hall–Kier alpha value is -2.75. The highest BCUT2D eigenvalue weighted by atomic mass is 16.5. The highest BCUT2D eigenvalue weighted by molar-refractivity contribution is 5.89. The minimum absolute atomic E-state index is 0.0525. The van der Waals surface area contributed by atoms with E-state index in [2.05, 4.69) is 0 Å². The van der Waals surface area contributed by atoms with Crippen molar-refractivity contribution in [3.63, 3.8) is 0 Å². The molecular formula is C27H42N4O5. The Morgan fingerprint density at radius 1 is 1.06 bits per heavy atom. The number of nitrogens with zero attached hydrogens (tertiary/aromatic N) is 3. The lowest BCUT2D eigenvalue weighted by atomic mass is 10.1. The number of morpholine rings is 1. The number of nitrogens with one attached hydrogen (secondary N) is 1. The normalized spacial score (nSPS) is 15.3. The number of benzene rings is 1. The summed E-state index contributed by atoms with van der Waals surface area (Å²) in [5.41, 5.74) is 2.66. The Morgan fingerprint density at radius 3 is 2.31 bits per heavy atom. The second-order valence-electron chi connectivity index (χ2n) is 9.97. The van der Waals surface area contributed by atoms with Crippen molar-refractivity contribution in [2.24, 2.45) is 11.8 Å². The van der Waals surface area contributed by atoms with Crippen molar-refractivity contribution in [3.8, 4) is 0 Å². The topological polar surface area (TPSA) is 102 Å². The van der Waals surface area contributed by atoms with Gasteiger partial charge in [0.25, 0.3) is 11.8 Å². The lowest BCUT2D eigenvalue weighted by Crippen LogP contribution is -2.61. The first-order valence-corrected chi connectivity index (χ1v) is 12.8. The van der Waals surface area contributed by atoms with Crippen LogP contribution in [0.2, 0.25) is 0 Å². The third-order valence-corrected chi connectivity index (χ3v) is 5.92. The molecular weight excluding hydrogens is 460 g/mol. The lowest BCUT2D eigenvalue weighted by Gasteiger charge is -2.41. The molecule has 0 saturated carbocycles. The molecule has 1 aliphatic rings. The van der Waals surface area contributed by atoms with E-state index in [4.69, 9.17) is 4.74 Å². The molecule has 9 heteroatoms. The Kier molecular flexibility index (Phi) is 12.6. The standard InChI is InChI=1S/C27H42N4O5/c1-21(2)13-14-25(32)31(24(27(34)28-35)12-8-11-23-9-6-5-7-10-23)30(19-22(3)4)26(33)20-29-15-17-36-18-16-29/h5-11,21-22,24,35H,12-20H2,1-4H3,(H,28,34)/t24-/m0/s1. The zero-order chi connectivity index (χ0) is 26.5. The average molecular weight is 503 g/mol. The SMILES string of the molecule is CC(C)CCC(=O)N([C@@H](CC=Cc1ccccc1)C(=O)NO)N(CC(C)C)C(=O)CN1CCOCC1. The average Bonchev–Trinajstić information content (AvgIpc) is 2.86. The van der Waals surface area contributed by atoms with Gasteiger partial charge in [0.2, 0.25) is 5.91 Å². The first-order valence-electron chi connectivity index (χ1n) is 12.8. The molecule has 0 aliphatic carbocycles. The summed E-state index contributed by atoms with van der Waals surface area (Å²) < 4.78 is 5.39. The van der Waals surface area contributed by atoms with Gasteiger partial charge in [0.1, 0.15) is 6.04 Å². The van der Waals surface area contributed by atoms with Crippen LogP contribution in [0, 0.1) is 11.8 Å². The predicted octanol–water partition coefficient (Wildman–Crippen LogP) is 2.96. The number of amides is 3. The highest BCUT2D eigenvalue weighted by Gasteiger charge is 2.36. The maximum atomic E-state index is 13.6. The third kappa shape index (κ3) is 9.72. The molecule has 0 spiro atoms. The monoisotopic (exact) mass is 502 g/mol. The van der Waals surface area contributed by atoms with E-state index in [1.54, 1.807) is 11.6 Å². The molecule has 0 radical (unpaired) electrons. The van der Waals surface area contributed by atoms with Gasteiger partial charge in [-0.1, -0.05) is 70.2 Å². The Balaban J connectivity index is 2.38. The van der Waals surface area contributed by atoms with Crippen LogP contribution in [0.3, 0.4) is 0 Å². The maximum absolute atomic E-state index is 13.6. The smallest absolute Gasteiger partial charge is 0.268 e. The molecule has 1 atom stereocenters. The fourth-order valence-electron chi connectivity index (χ4n) is 3.98. The summed E-state index contributed by atoms with van der Waals surface area (Å²) in [5, 5.41) is 12.2. The van der Waals surface area contributed by atoms with Gasteiger partial charge in [0.15, 0.2) is 0 Å². The minimum atomic E-state index is -1.08. The van der Waals surface area contributed by atoms with Crippen molar-refractivity contribution >= 4 is 23.8 Å². The van der Waals surface area contributed by atoms with Gasteiger partial charge in [-0.3, -0.25) is 24.5 Å². The van der Waals surface area contributed by atoms with Crippen LogP contribution in [0.5, 0.6) is 0 Å². The summed E-state index contributed by atoms with van der Waals surface area (Å²) >= 11 is 0. The number of hydroxylamine groups is 1. The van der Waals surface area contributed by atoms with Crippen molar-refractivity contribution in [2.75, 3.05) is 39.4 Å². The van der Waals surface area contributed by atoms with Crippen LogP contribution in [0.1, 0.15) is 52.5 Å². The number of hydrogen-bond acceptors (Lipinski definition) is 6. The molecule has 2 rings (SSSR count). The molecule has 200 valence electrons. The van der Waals surface area contributed by atoms with Gasteiger partial charge >= 0.3 is 0 Å². The molecule has 1 aliphatic heterocycles. The second kappa shape index (κ2) is 15.4. The van der Waals surface area contributed by atoms with Gasteiger partial charge in [0.05, 0.1) is 19.8 Å². The molecule has 1 aromatic rings. The van der Waals surface area contributed by atoms with Crippen LogP contribution in [-0.2, 0) is 19.1 Å². The Morgan fingerprint density at radius 2 is 1.72 bits per heavy atom. The van der Waals surface area contributed by atoms with Crippen molar-refractivity contribution in [2.45, 2.75) is 53.0 Å². The van der Waals surface area contributed by atoms with E-state index in [-0.39, 0.29) is 49.6 Å². The van der Waals surface area contributed by atoms with Crippen LogP contribution in [-0.4, -0.2) is 83.3 Å². The summed E-state index contributed by atoms with van der Waals surface area (Å²) in [6, 6.07) is 8.52. The number of carbonyl (C=O) groups excluding carboxylic acids is 3. The molecule has 0 bridgehead atoms. The fourth-order valence-corrected chi connectivity index (χ4v) is 3.98. The van der Waals surface area contributed by atoms with E-state index in [0.29, 0.717) is 32.7 Å². The largest absolute Gasteiger partial charge is 0.379 e. The third-order valence-electron chi connectivity index (χ3n) is 5.92. The summed E-state index contributed by atoms with van der Waals surface area (Å²) in [4.78, 5) is 42.0. The van der Waals surface area contributed by atoms with Gasteiger partial charge in [-0.05, 0) is 30.2 Å². The Bertz CT molecular complexity index is 853. The number of hydrogen-bond donors (Lipinski definition) is 2. The van der Waals surface area contributed by atoms with Gasteiger partial charge in [-0.15, -0.1) is 0 Å². The summed E-state index contributed by atoms with van der Waals surface area (Å²) in [6.07, 6.45) is 4.59. The molecule has 36 heavy (non-hydrogen) atoms. The van der Waals surface area contributed by atoms with E-state index in [1.807, 2.05) is 69.0 Å². The number of carbonyl (C=O) groups is 3. The van der Waals surface area contributed by atoms with E-state index >= 15 is 0 Å².